The van der Waals surface area contributed by atoms with Crippen molar-refractivity contribution in [3.8, 4) is 6.07 Å². The second-order valence-corrected chi connectivity index (χ2v) is 4.41. The zero-order chi connectivity index (χ0) is 13.9. The molecule has 0 atom stereocenters. The summed E-state index contributed by atoms with van der Waals surface area (Å²) in [6, 6.07) is 15.6. The summed E-state index contributed by atoms with van der Waals surface area (Å²) in [5.74, 6) is 0.652. The van der Waals surface area contributed by atoms with E-state index >= 15 is 0 Å². The Kier molecular flexibility index (Phi) is 3.02. The molecule has 3 aromatic rings. The van der Waals surface area contributed by atoms with Gasteiger partial charge in [-0.1, -0.05) is 18.2 Å². The van der Waals surface area contributed by atoms with Crippen LogP contribution in [-0.4, -0.2) is 14.5 Å². The Morgan fingerprint density at radius 3 is 2.70 bits per heavy atom. The summed E-state index contributed by atoms with van der Waals surface area (Å²) < 4.78 is 1.92. The van der Waals surface area contributed by atoms with Gasteiger partial charge in [-0.3, -0.25) is 4.98 Å². The zero-order valence-electron chi connectivity index (χ0n) is 11.0. The number of nitrogens with zero attached hydrogens (tertiary/aromatic N) is 4. The standard InChI is InChI=1S/C16H12N4/c1-20-15-8-3-2-7-14(15)19-16(20)12(11-17)10-13-6-4-5-9-18-13/h2-10H,1H3/b12-10-. The SMILES string of the molecule is Cn1c(/C(C#N)=C\c2ccccn2)nc2ccccc21. The maximum Gasteiger partial charge on any atom is 0.151 e. The average molecular weight is 260 g/mol. The highest BCUT2D eigenvalue weighted by Crippen LogP contribution is 2.21. The quantitative estimate of drug-likeness (QED) is 0.665. The minimum atomic E-state index is 0.502. The van der Waals surface area contributed by atoms with Crippen molar-refractivity contribution in [3.63, 3.8) is 0 Å². The molecular formula is C16H12N4. The Hall–Kier alpha value is -2.93. The van der Waals surface area contributed by atoms with E-state index in [4.69, 9.17) is 0 Å². The van der Waals surface area contributed by atoms with Crippen molar-refractivity contribution >= 4 is 22.7 Å². The number of hydrogen-bond acceptors (Lipinski definition) is 3. The summed E-state index contributed by atoms with van der Waals surface area (Å²) in [6.45, 7) is 0. The molecule has 0 amide bonds. The fraction of sp³-hybridized carbons (Fsp3) is 0.0625. The van der Waals surface area contributed by atoms with E-state index in [2.05, 4.69) is 16.0 Å². The number of allylic oxidation sites excluding steroid dienone is 1. The normalized spacial score (nSPS) is 11.5. The molecule has 0 unspecified atom stereocenters. The van der Waals surface area contributed by atoms with Gasteiger partial charge >= 0.3 is 0 Å². The number of rotatable bonds is 2. The Morgan fingerprint density at radius 1 is 1.20 bits per heavy atom. The van der Waals surface area contributed by atoms with E-state index in [0.29, 0.717) is 11.4 Å². The molecule has 0 radical (unpaired) electrons. The smallest absolute Gasteiger partial charge is 0.151 e. The fourth-order valence-corrected chi connectivity index (χ4v) is 2.14. The third-order valence-electron chi connectivity index (χ3n) is 3.13. The number of fused-ring (bicyclic) bond motifs is 1. The number of hydrogen-bond donors (Lipinski definition) is 0. The minimum Gasteiger partial charge on any atom is -0.326 e. The van der Waals surface area contributed by atoms with E-state index in [0.717, 1.165) is 16.7 Å². The first-order chi connectivity index (χ1) is 9.79. The molecule has 20 heavy (non-hydrogen) atoms. The van der Waals surface area contributed by atoms with Crippen molar-refractivity contribution < 1.29 is 0 Å². The highest BCUT2D eigenvalue weighted by atomic mass is 15.1. The van der Waals surface area contributed by atoms with Crippen LogP contribution in [0.25, 0.3) is 22.7 Å². The molecule has 1 aromatic carbocycles. The lowest BCUT2D eigenvalue weighted by Gasteiger charge is -2.00. The zero-order valence-corrected chi connectivity index (χ0v) is 11.0. The van der Waals surface area contributed by atoms with Crippen LogP contribution in [0.1, 0.15) is 11.5 Å². The van der Waals surface area contributed by atoms with Gasteiger partial charge in [0.25, 0.3) is 0 Å². The average Bonchev–Trinajstić information content (AvgIpc) is 2.83. The Bertz CT molecular complexity index is 823. The molecule has 0 N–H and O–H groups in total. The van der Waals surface area contributed by atoms with Gasteiger partial charge in [-0.2, -0.15) is 5.26 Å². The molecule has 0 saturated carbocycles. The summed E-state index contributed by atoms with van der Waals surface area (Å²) in [7, 11) is 1.91. The van der Waals surface area contributed by atoms with Gasteiger partial charge in [0, 0.05) is 13.2 Å². The topological polar surface area (TPSA) is 54.5 Å². The second kappa shape index (κ2) is 4.98. The van der Waals surface area contributed by atoms with E-state index in [1.165, 1.54) is 0 Å². The van der Waals surface area contributed by atoms with Crippen molar-refractivity contribution in [3.05, 3.63) is 60.2 Å². The van der Waals surface area contributed by atoms with Gasteiger partial charge in [0.15, 0.2) is 5.82 Å². The molecule has 4 nitrogen and oxygen atoms in total. The summed E-state index contributed by atoms with van der Waals surface area (Å²) >= 11 is 0. The van der Waals surface area contributed by atoms with Crippen LogP contribution >= 0.6 is 0 Å². The van der Waals surface area contributed by atoms with Crippen molar-refractivity contribution in [1.29, 1.82) is 5.26 Å². The molecule has 2 heterocycles. The molecule has 96 valence electrons. The predicted molar refractivity (Wildman–Crippen MR) is 78.4 cm³/mol. The van der Waals surface area contributed by atoms with Crippen LogP contribution in [0.2, 0.25) is 0 Å². The number of aromatic nitrogens is 3. The van der Waals surface area contributed by atoms with Crippen LogP contribution in [0, 0.1) is 11.3 Å². The summed E-state index contributed by atoms with van der Waals surface area (Å²) in [5, 5.41) is 9.39. The van der Waals surface area contributed by atoms with Crippen LogP contribution in [0.4, 0.5) is 0 Å². The summed E-state index contributed by atoms with van der Waals surface area (Å²) in [6.07, 6.45) is 3.46. The number of benzene rings is 1. The van der Waals surface area contributed by atoms with Crippen molar-refractivity contribution in [2.45, 2.75) is 0 Å². The lowest BCUT2D eigenvalue weighted by atomic mass is 10.2. The van der Waals surface area contributed by atoms with Gasteiger partial charge < -0.3 is 4.57 Å². The van der Waals surface area contributed by atoms with Crippen LogP contribution in [-0.2, 0) is 7.05 Å². The summed E-state index contributed by atoms with van der Waals surface area (Å²) in [4.78, 5) is 8.74. The van der Waals surface area contributed by atoms with E-state index < -0.39 is 0 Å². The Morgan fingerprint density at radius 2 is 2.00 bits per heavy atom. The van der Waals surface area contributed by atoms with Crippen molar-refractivity contribution in [2.75, 3.05) is 0 Å². The lowest BCUT2D eigenvalue weighted by molar-refractivity contribution is 0.925. The van der Waals surface area contributed by atoms with Crippen LogP contribution in [0.5, 0.6) is 0 Å². The highest BCUT2D eigenvalue weighted by molar-refractivity contribution is 5.90. The maximum absolute atomic E-state index is 9.39. The van der Waals surface area contributed by atoms with Gasteiger partial charge in [-0.15, -0.1) is 0 Å². The molecule has 0 saturated heterocycles. The van der Waals surface area contributed by atoms with Crippen LogP contribution < -0.4 is 0 Å². The van der Waals surface area contributed by atoms with Crippen molar-refractivity contribution in [2.24, 2.45) is 7.05 Å². The first-order valence-corrected chi connectivity index (χ1v) is 6.24. The highest BCUT2D eigenvalue weighted by Gasteiger charge is 2.11. The first-order valence-electron chi connectivity index (χ1n) is 6.24. The van der Waals surface area contributed by atoms with Crippen LogP contribution in [0.15, 0.2) is 48.7 Å². The second-order valence-electron chi connectivity index (χ2n) is 4.41. The van der Waals surface area contributed by atoms with Gasteiger partial charge in [0.05, 0.1) is 22.3 Å². The van der Waals surface area contributed by atoms with Crippen LogP contribution in [0.3, 0.4) is 0 Å². The molecule has 0 aliphatic carbocycles. The third-order valence-corrected chi connectivity index (χ3v) is 3.13. The third kappa shape index (κ3) is 2.06. The van der Waals surface area contributed by atoms with Gasteiger partial charge in [0.1, 0.15) is 6.07 Å². The predicted octanol–water partition coefficient (Wildman–Crippen LogP) is 3.03. The number of imidazole rings is 1. The lowest BCUT2D eigenvalue weighted by Crippen LogP contribution is -1.96. The number of nitriles is 1. The Balaban J connectivity index is 2.16. The molecule has 0 spiro atoms. The van der Waals surface area contributed by atoms with E-state index in [1.807, 2.05) is 54.1 Å². The fourth-order valence-electron chi connectivity index (χ4n) is 2.14. The number of para-hydroxylation sites is 2. The van der Waals surface area contributed by atoms with E-state index in [1.54, 1.807) is 12.3 Å². The monoisotopic (exact) mass is 260 g/mol. The molecular weight excluding hydrogens is 248 g/mol. The first kappa shape index (κ1) is 12.1. The Labute approximate surface area is 116 Å². The van der Waals surface area contributed by atoms with Gasteiger partial charge in [0.2, 0.25) is 0 Å². The molecule has 4 heteroatoms. The minimum absolute atomic E-state index is 0.502. The maximum atomic E-state index is 9.39. The molecule has 0 bridgehead atoms. The molecule has 0 fully saturated rings. The van der Waals surface area contributed by atoms with Crippen molar-refractivity contribution in [1.82, 2.24) is 14.5 Å². The number of aryl methyl sites for hydroxylation is 1. The van der Waals surface area contributed by atoms with Gasteiger partial charge in [-0.05, 0) is 30.3 Å². The van der Waals surface area contributed by atoms with E-state index in [9.17, 15) is 5.26 Å². The number of pyridine rings is 1. The molecule has 3 rings (SSSR count). The molecule has 2 aromatic heterocycles. The van der Waals surface area contributed by atoms with E-state index in [-0.39, 0.29) is 0 Å². The van der Waals surface area contributed by atoms with Gasteiger partial charge in [-0.25, -0.2) is 4.98 Å². The molecule has 0 aliphatic rings. The molecule has 0 aliphatic heterocycles. The summed E-state index contributed by atoms with van der Waals surface area (Å²) in [5.41, 5.74) is 3.13. The largest absolute Gasteiger partial charge is 0.326 e.